The minimum absolute atomic E-state index is 0.177. The van der Waals surface area contributed by atoms with E-state index in [-0.39, 0.29) is 11.8 Å². The van der Waals surface area contributed by atoms with Crippen molar-refractivity contribution in [1.29, 1.82) is 0 Å². The van der Waals surface area contributed by atoms with Gasteiger partial charge in [0.25, 0.3) is 0 Å². The van der Waals surface area contributed by atoms with E-state index >= 15 is 8.78 Å². The Hall–Kier alpha value is -2.32. The van der Waals surface area contributed by atoms with Gasteiger partial charge in [0.05, 0.1) is 5.56 Å². The Balaban J connectivity index is 1.72. The minimum Gasteiger partial charge on any atom is -0.453 e. The summed E-state index contributed by atoms with van der Waals surface area (Å²) in [7, 11) is -5.37. The van der Waals surface area contributed by atoms with Gasteiger partial charge in [-0.05, 0) is 73.0 Å². The van der Waals surface area contributed by atoms with Crippen LogP contribution >= 0.6 is 0 Å². The molecule has 3 aliphatic carbocycles. The van der Waals surface area contributed by atoms with Crippen molar-refractivity contribution in [2.45, 2.75) is 119 Å². The van der Waals surface area contributed by atoms with Gasteiger partial charge >= 0.3 is 10.1 Å². The number of hydrogen-bond donors (Lipinski definition) is 1. The van der Waals surface area contributed by atoms with E-state index in [9.17, 15) is 17.4 Å². The van der Waals surface area contributed by atoms with Crippen LogP contribution in [0.4, 0.5) is 13.2 Å². The molecule has 0 aromatic heterocycles. The zero-order valence-electron chi connectivity index (χ0n) is 23.0. The second-order valence-corrected chi connectivity index (χ2v) is 13.2. The van der Waals surface area contributed by atoms with Crippen molar-refractivity contribution < 1.29 is 30.9 Å². The molecule has 0 saturated heterocycles. The maximum Gasteiger partial charge on any atom is 0.300 e. The Morgan fingerprint density at radius 1 is 0.700 bits per heavy atom. The Morgan fingerprint density at radius 3 is 1.57 bits per heavy atom. The molecule has 218 valence electrons. The SMILES string of the molecule is C=Cc1c(F)c(S(=O)(=O)O)c(F)c(F)c1Oc1c(C2CCCCC2)cc(C2CCCCC2)cc1C1CCCCC1. The van der Waals surface area contributed by atoms with Crippen molar-refractivity contribution >= 4 is 16.2 Å². The maximum absolute atomic E-state index is 15.5. The van der Waals surface area contributed by atoms with Gasteiger partial charge in [0.15, 0.2) is 22.3 Å². The first-order valence-electron chi connectivity index (χ1n) is 14.9. The zero-order chi connectivity index (χ0) is 28.4. The number of ether oxygens (including phenoxy) is 1. The van der Waals surface area contributed by atoms with Crippen molar-refractivity contribution in [1.82, 2.24) is 0 Å². The molecule has 0 amide bonds. The highest BCUT2D eigenvalue weighted by Gasteiger charge is 2.34. The second kappa shape index (κ2) is 12.3. The first kappa shape index (κ1) is 29.2. The third kappa shape index (κ3) is 5.85. The fourth-order valence-electron chi connectivity index (χ4n) is 7.17. The van der Waals surface area contributed by atoms with E-state index in [2.05, 4.69) is 18.7 Å². The molecule has 0 unspecified atom stereocenters. The quantitative estimate of drug-likeness (QED) is 0.263. The van der Waals surface area contributed by atoms with Gasteiger partial charge in [0, 0.05) is 0 Å². The molecule has 0 atom stereocenters. The molecular weight excluding hydrogens is 537 g/mol. The second-order valence-electron chi connectivity index (χ2n) is 11.8. The molecule has 5 rings (SSSR count). The summed E-state index contributed by atoms with van der Waals surface area (Å²) < 4.78 is 84.9. The van der Waals surface area contributed by atoms with Crippen molar-refractivity contribution in [3.63, 3.8) is 0 Å². The van der Waals surface area contributed by atoms with Crippen LogP contribution in [0, 0.1) is 17.5 Å². The largest absolute Gasteiger partial charge is 0.453 e. The summed E-state index contributed by atoms with van der Waals surface area (Å²) in [6.07, 6.45) is 17.1. The summed E-state index contributed by atoms with van der Waals surface area (Å²) in [6, 6.07) is 4.39. The van der Waals surface area contributed by atoms with Crippen LogP contribution in [-0.2, 0) is 10.1 Å². The Kier molecular flexibility index (Phi) is 8.95. The highest BCUT2D eigenvalue weighted by Crippen LogP contribution is 2.49. The average Bonchev–Trinajstić information content (AvgIpc) is 2.96. The van der Waals surface area contributed by atoms with Crippen molar-refractivity contribution in [3.05, 3.63) is 58.4 Å². The summed E-state index contributed by atoms with van der Waals surface area (Å²) in [5.74, 6) is -4.79. The average molecular weight is 577 g/mol. The summed E-state index contributed by atoms with van der Waals surface area (Å²) in [5.41, 5.74) is 2.55. The smallest absolute Gasteiger partial charge is 0.300 e. The first-order valence-corrected chi connectivity index (χ1v) is 16.3. The molecule has 3 saturated carbocycles. The van der Waals surface area contributed by atoms with Gasteiger partial charge in [-0.3, -0.25) is 4.55 Å². The number of halogens is 3. The fraction of sp³-hybridized carbons (Fsp3) is 0.562. The highest BCUT2D eigenvalue weighted by molar-refractivity contribution is 7.85. The molecule has 8 heteroatoms. The van der Waals surface area contributed by atoms with Crippen LogP contribution < -0.4 is 4.74 Å². The first-order chi connectivity index (χ1) is 19.2. The molecule has 0 spiro atoms. The summed E-state index contributed by atoms with van der Waals surface area (Å²) >= 11 is 0. The summed E-state index contributed by atoms with van der Waals surface area (Å²) in [6.45, 7) is 3.50. The monoisotopic (exact) mass is 576 g/mol. The third-order valence-electron chi connectivity index (χ3n) is 9.27. The Morgan fingerprint density at radius 2 is 1.15 bits per heavy atom. The molecule has 0 bridgehead atoms. The van der Waals surface area contributed by atoms with Gasteiger partial charge in [-0.1, -0.05) is 82.6 Å². The van der Waals surface area contributed by atoms with Crippen molar-refractivity contribution in [2.75, 3.05) is 0 Å². The lowest BCUT2D eigenvalue weighted by Gasteiger charge is -2.32. The van der Waals surface area contributed by atoms with Crippen LogP contribution in [-0.4, -0.2) is 13.0 Å². The number of benzene rings is 2. The molecule has 0 aliphatic heterocycles. The van der Waals surface area contributed by atoms with Gasteiger partial charge in [-0.25, -0.2) is 8.78 Å². The van der Waals surface area contributed by atoms with E-state index in [1.807, 2.05) is 0 Å². The van der Waals surface area contributed by atoms with Crippen LogP contribution in [0.25, 0.3) is 6.08 Å². The molecule has 0 radical (unpaired) electrons. The summed E-state index contributed by atoms with van der Waals surface area (Å²) in [4.78, 5) is -1.74. The molecule has 40 heavy (non-hydrogen) atoms. The molecule has 3 aliphatic rings. The van der Waals surface area contributed by atoms with Gasteiger partial charge in [-0.2, -0.15) is 12.8 Å². The lowest BCUT2D eigenvalue weighted by atomic mass is 9.75. The van der Waals surface area contributed by atoms with Crippen LogP contribution in [0.3, 0.4) is 0 Å². The normalized spacial score (nSPS) is 20.0. The van der Waals surface area contributed by atoms with Crippen LogP contribution in [0.1, 0.15) is 136 Å². The fourth-order valence-corrected chi connectivity index (χ4v) is 7.82. The molecule has 0 heterocycles. The lowest BCUT2D eigenvalue weighted by molar-refractivity contribution is 0.365. The standard InChI is InChI=1S/C32H39F3O4S/c1-2-24-27(33)32(40(36,37)38)29(35)28(34)31(24)39-30-25(21-14-8-4-9-15-21)18-23(20-12-6-3-7-13-20)19-26(30)22-16-10-5-11-17-22/h2,18-22H,1,3-17H2,(H,36,37,38). The maximum atomic E-state index is 15.5. The topological polar surface area (TPSA) is 63.6 Å². The molecule has 3 fully saturated rings. The molecule has 1 N–H and O–H groups in total. The third-order valence-corrected chi connectivity index (χ3v) is 10.1. The highest BCUT2D eigenvalue weighted by atomic mass is 32.2. The molecule has 2 aromatic rings. The number of hydrogen-bond acceptors (Lipinski definition) is 3. The van der Waals surface area contributed by atoms with Gasteiger partial charge in [-0.15, -0.1) is 0 Å². The van der Waals surface area contributed by atoms with E-state index < -0.39 is 43.8 Å². The number of rotatable bonds is 7. The molecular formula is C32H39F3O4S. The van der Waals surface area contributed by atoms with E-state index in [4.69, 9.17) is 4.74 Å². The minimum atomic E-state index is -5.37. The van der Waals surface area contributed by atoms with Crippen LogP contribution in [0.5, 0.6) is 11.5 Å². The van der Waals surface area contributed by atoms with Gasteiger partial charge in [0.1, 0.15) is 5.75 Å². The molecule has 4 nitrogen and oxygen atoms in total. The van der Waals surface area contributed by atoms with Crippen LogP contribution in [0.2, 0.25) is 0 Å². The van der Waals surface area contributed by atoms with Gasteiger partial charge in [0.2, 0.25) is 5.82 Å². The van der Waals surface area contributed by atoms with Crippen molar-refractivity contribution in [2.24, 2.45) is 0 Å². The zero-order valence-corrected chi connectivity index (χ0v) is 23.8. The predicted octanol–water partition coefficient (Wildman–Crippen LogP) is 9.93. The van der Waals surface area contributed by atoms with Crippen LogP contribution in [0.15, 0.2) is 23.6 Å². The Labute approximate surface area is 235 Å². The summed E-state index contributed by atoms with van der Waals surface area (Å²) in [5, 5.41) is 0. The van der Waals surface area contributed by atoms with Gasteiger partial charge < -0.3 is 4.74 Å². The van der Waals surface area contributed by atoms with E-state index in [1.165, 1.54) is 24.8 Å². The predicted molar refractivity (Wildman–Crippen MR) is 150 cm³/mol. The molecule has 2 aromatic carbocycles. The lowest BCUT2D eigenvalue weighted by Crippen LogP contribution is -2.15. The van der Waals surface area contributed by atoms with E-state index in [0.717, 1.165) is 94.3 Å². The van der Waals surface area contributed by atoms with Crippen molar-refractivity contribution in [3.8, 4) is 11.5 Å². The van der Waals surface area contributed by atoms with E-state index in [1.54, 1.807) is 0 Å². The van der Waals surface area contributed by atoms with E-state index in [0.29, 0.717) is 11.7 Å². The Bertz CT molecular complexity index is 1310.